The number of benzene rings is 1. The van der Waals surface area contributed by atoms with Gasteiger partial charge in [-0.2, -0.15) is 0 Å². The van der Waals surface area contributed by atoms with E-state index >= 15 is 0 Å². The molecule has 0 bridgehead atoms. The van der Waals surface area contributed by atoms with Crippen LogP contribution in [0.3, 0.4) is 0 Å². The van der Waals surface area contributed by atoms with Crippen LogP contribution in [0.4, 0.5) is 4.39 Å². The van der Waals surface area contributed by atoms with Gasteiger partial charge in [0.2, 0.25) is 5.91 Å². The second kappa shape index (κ2) is 7.22. The smallest absolute Gasteiger partial charge is 0.244 e. The largest absolute Gasteiger partial charge is 0.350 e. The van der Waals surface area contributed by atoms with Crippen LogP contribution in [0, 0.1) is 11.7 Å². The van der Waals surface area contributed by atoms with Crippen LogP contribution < -0.4 is 5.32 Å². The van der Waals surface area contributed by atoms with E-state index in [2.05, 4.69) is 12.2 Å². The molecule has 0 aliphatic heterocycles. The molecule has 0 unspecified atom stereocenters. The predicted molar refractivity (Wildman–Crippen MR) is 79.6 cm³/mol. The molecule has 1 aliphatic carbocycles. The zero-order valence-corrected chi connectivity index (χ0v) is 11.9. The van der Waals surface area contributed by atoms with Gasteiger partial charge in [-0.3, -0.25) is 4.79 Å². The minimum absolute atomic E-state index is 0.131. The number of rotatable bonds is 4. The first-order chi connectivity index (χ1) is 9.69. The third-order valence-corrected chi connectivity index (χ3v) is 4.09. The van der Waals surface area contributed by atoms with E-state index in [-0.39, 0.29) is 17.8 Å². The molecule has 3 heteroatoms. The van der Waals surface area contributed by atoms with Crippen LogP contribution in [0.25, 0.3) is 6.08 Å². The summed E-state index contributed by atoms with van der Waals surface area (Å²) in [6, 6.07) is 6.72. The Morgan fingerprint density at radius 3 is 2.65 bits per heavy atom. The van der Waals surface area contributed by atoms with E-state index in [1.165, 1.54) is 37.5 Å². The lowest BCUT2D eigenvalue weighted by molar-refractivity contribution is -0.117. The molecule has 2 rings (SSSR count). The molecule has 0 aromatic heterocycles. The van der Waals surface area contributed by atoms with Gasteiger partial charge < -0.3 is 5.32 Å². The van der Waals surface area contributed by atoms with Crippen molar-refractivity contribution in [3.05, 3.63) is 41.7 Å². The minimum Gasteiger partial charge on any atom is -0.350 e. The van der Waals surface area contributed by atoms with E-state index in [9.17, 15) is 9.18 Å². The van der Waals surface area contributed by atoms with Gasteiger partial charge in [0.05, 0.1) is 0 Å². The van der Waals surface area contributed by atoms with Crippen molar-refractivity contribution in [2.75, 3.05) is 0 Å². The molecule has 1 aromatic rings. The molecule has 2 nitrogen and oxygen atoms in total. The van der Waals surface area contributed by atoms with Gasteiger partial charge >= 0.3 is 0 Å². The average molecular weight is 275 g/mol. The Hall–Kier alpha value is -1.64. The maximum atomic E-state index is 13.4. The van der Waals surface area contributed by atoms with E-state index in [4.69, 9.17) is 0 Å². The first-order valence-electron chi connectivity index (χ1n) is 7.42. The lowest BCUT2D eigenvalue weighted by Crippen LogP contribution is -2.36. The first kappa shape index (κ1) is 14.8. The highest BCUT2D eigenvalue weighted by Gasteiger charge is 2.20. The summed E-state index contributed by atoms with van der Waals surface area (Å²) in [6.45, 7) is 2.22. The molecule has 0 atom stereocenters. The fourth-order valence-corrected chi connectivity index (χ4v) is 2.74. The van der Waals surface area contributed by atoms with Gasteiger partial charge in [-0.25, -0.2) is 4.39 Å². The summed E-state index contributed by atoms with van der Waals surface area (Å²) in [5.41, 5.74) is 0.442. The van der Waals surface area contributed by atoms with Crippen LogP contribution in [0.1, 0.15) is 44.6 Å². The number of hydrogen-bond donors (Lipinski definition) is 1. The van der Waals surface area contributed by atoms with Crippen LogP contribution in [0.15, 0.2) is 30.3 Å². The van der Waals surface area contributed by atoms with Gasteiger partial charge in [-0.05, 0) is 43.7 Å². The lowest BCUT2D eigenvalue weighted by atomic mass is 9.84. The molecule has 0 saturated heterocycles. The zero-order chi connectivity index (χ0) is 14.4. The fraction of sp³-hybridized carbons (Fsp3) is 0.471. The highest BCUT2D eigenvalue weighted by Crippen LogP contribution is 2.26. The van der Waals surface area contributed by atoms with E-state index in [0.717, 1.165) is 18.8 Å². The lowest BCUT2D eigenvalue weighted by Gasteiger charge is -2.28. The molecule has 0 radical (unpaired) electrons. The molecule has 1 aliphatic rings. The molecule has 1 aromatic carbocycles. The van der Waals surface area contributed by atoms with E-state index in [1.54, 1.807) is 18.2 Å². The monoisotopic (exact) mass is 275 g/mol. The highest BCUT2D eigenvalue weighted by atomic mass is 19.1. The van der Waals surface area contributed by atoms with Crippen molar-refractivity contribution in [2.45, 2.75) is 45.1 Å². The fourth-order valence-electron chi connectivity index (χ4n) is 2.74. The number of carbonyl (C=O) groups excluding carboxylic acids is 1. The second-order valence-corrected chi connectivity index (χ2v) is 5.49. The zero-order valence-electron chi connectivity index (χ0n) is 11.9. The van der Waals surface area contributed by atoms with Crippen molar-refractivity contribution >= 4 is 12.0 Å². The van der Waals surface area contributed by atoms with Crippen molar-refractivity contribution < 1.29 is 9.18 Å². The van der Waals surface area contributed by atoms with Gasteiger partial charge in [-0.1, -0.05) is 31.5 Å². The Labute approximate surface area is 120 Å². The molecule has 108 valence electrons. The Balaban J connectivity index is 1.83. The van der Waals surface area contributed by atoms with Crippen molar-refractivity contribution in [1.82, 2.24) is 5.32 Å². The van der Waals surface area contributed by atoms with Crippen LogP contribution in [0.2, 0.25) is 0 Å². The topological polar surface area (TPSA) is 29.1 Å². The van der Waals surface area contributed by atoms with E-state index in [1.807, 2.05) is 0 Å². The Morgan fingerprint density at radius 1 is 1.30 bits per heavy atom. The summed E-state index contributed by atoms with van der Waals surface area (Å²) < 4.78 is 13.4. The standard InChI is InChI=1S/C17H22FNO/c1-2-13-7-10-15(11-8-13)19-17(20)12-9-14-5-3-4-6-16(14)18/h3-6,9,12-13,15H,2,7-8,10-11H2,1H3,(H,19,20)/b12-9+. The van der Waals surface area contributed by atoms with Gasteiger partial charge in [-0.15, -0.1) is 0 Å². The average Bonchev–Trinajstić information content (AvgIpc) is 2.47. The van der Waals surface area contributed by atoms with Crippen LogP contribution in [0.5, 0.6) is 0 Å². The van der Waals surface area contributed by atoms with Crippen LogP contribution in [-0.4, -0.2) is 11.9 Å². The summed E-state index contributed by atoms with van der Waals surface area (Å²) >= 11 is 0. The molecule has 1 fully saturated rings. The molecular weight excluding hydrogens is 253 g/mol. The molecule has 0 heterocycles. The predicted octanol–water partition coefficient (Wildman–Crippen LogP) is 3.92. The van der Waals surface area contributed by atoms with Gasteiger partial charge in [0.25, 0.3) is 0 Å². The molecular formula is C17H22FNO. The summed E-state index contributed by atoms with van der Waals surface area (Å²) in [4.78, 5) is 11.8. The van der Waals surface area contributed by atoms with Gasteiger partial charge in [0, 0.05) is 17.7 Å². The summed E-state index contributed by atoms with van der Waals surface area (Å²) in [6.07, 6.45) is 8.67. The molecule has 0 spiro atoms. The van der Waals surface area contributed by atoms with Gasteiger partial charge in [0.1, 0.15) is 5.82 Å². The summed E-state index contributed by atoms with van der Waals surface area (Å²) in [5.74, 6) is 0.380. The third-order valence-electron chi connectivity index (χ3n) is 4.09. The Bertz CT molecular complexity index is 476. The van der Waals surface area contributed by atoms with Crippen molar-refractivity contribution in [3.63, 3.8) is 0 Å². The van der Waals surface area contributed by atoms with Crippen molar-refractivity contribution in [3.8, 4) is 0 Å². The van der Waals surface area contributed by atoms with Crippen molar-refractivity contribution in [2.24, 2.45) is 5.92 Å². The molecule has 1 N–H and O–H groups in total. The number of nitrogens with one attached hydrogen (secondary N) is 1. The first-order valence-corrected chi connectivity index (χ1v) is 7.42. The Kier molecular flexibility index (Phi) is 5.33. The number of halogens is 1. The van der Waals surface area contributed by atoms with Crippen LogP contribution in [-0.2, 0) is 4.79 Å². The SMILES string of the molecule is CCC1CCC(NC(=O)/C=C/c2ccccc2F)CC1. The summed E-state index contributed by atoms with van der Waals surface area (Å²) in [7, 11) is 0. The molecule has 1 amide bonds. The number of carbonyl (C=O) groups is 1. The number of amides is 1. The van der Waals surface area contributed by atoms with E-state index in [0.29, 0.717) is 5.56 Å². The molecule has 1 saturated carbocycles. The maximum Gasteiger partial charge on any atom is 0.244 e. The minimum atomic E-state index is -0.306. The van der Waals surface area contributed by atoms with Crippen LogP contribution >= 0.6 is 0 Å². The Morgan fingerprint density at radius 2 is 2.00 bits per heavy atom. The summed E-state index contributed by atoms with van der Waals surface area (Å²) in [5, 5.41) is 3.01. The molecule has 20 heavy (non-hydrogen) atoms. The maximum absolute atomic E-state index is 13.4. The number of hydrogen-bond acceptors (Lipinski definition) is 1. The quantitative estimate of drug-likeness (QED) is 0.829. The highest BCUT2D eigenvalue weighted by molar-refractivity contribution is 5.91. The van der Waals surface area contributed by atoms with E-state index < -0.39 is 0 Å². The second-order valence-electron chi connectivity index (χ2n) is 5.49. The third kappa shape index (κ3) is 4.19. The van der Waals surface area contributed by atoms with Crippen molar-refractivity contribution in [1.29, 1.82) is 0 Å². The van der Waals surface area contributed by atoms with Gasteiger partial charge in [0.15, 0.2) is 0 Å². The normalized spacial score (nSPS) is 22.9.